The average Bonchev–Trinajstić information content (AvgIpc) is 3.45. The number of nitrogens with zero attached hydrogens (tertiary/aromatic N) is 4. The standard InChI is InChI=1S/C29H28N4O4S/c1-19-26(28(34)33(31(19)2)22-14-10-7-11-15-22)32-23(18-38-29(32)30-21-12-8-6-9-13-21)20-16-24(35-3)27(37-5)25(17-20)36-4/h6-18H,1-5H3. The van der Waals surface area contributed by atoms with E-state index in [4.69, 9.17) is 19.2 Å². The van der Waals surface area contributed by atoms with Crippen molar-refractivity contribution in [3.63, 3.8) is 0 Å². The fourth-order valence-corrected chi connectivity index (χ4v) is 5.37. The Bertz CT molecular complexity index is 1690. The number of ether oxygens (including phenoxy) is 3. The van der Waals surface area contributed by atoms with Crippen LogP contribution in [0.1, 0.15) is 5.69 Å². The van der Waals surface area contributed by atoms with Crippen LogP contribution in [-0.4, -0.2) is 35.3 Å². The zero-order valence-electron chi connectivity index (χ0n) is 21.8. The Kier molecular flexibility index (Phi) is 6.93. The van der Waals surface area contributed by atoms with Crippen LogP contribution in [0.3, 0.4) is 0 Å². The third-order valence-corrected chi connectivity index (χ3v) is 7.22. The van der Waals surface area contributed by atoms with Gasteiger partial charge in [-0.1, -0.05) is 36.4 Å². The Morgan fingerprint density at radius 2 is 1.45 bits per heavy atom. The smallest absolute Gasteiger partial charge is 0.296 e. The first-order valence-electron chi connectivity index (χ1n) is 11.9. The summed E-state index contributed by atoms with van der Waals surface area (Å²) in [6.07, 6.45) is 0. The lowest BCUT2D eigenvalue weighted by atomic mass is 10.1. The highest BCUT2D eigenvalue weighted by molar-refractivity contribution is 7.07. The van der Waals surface area contributed by atoms with Gasteiger partial charge in [0.05, 0.1) is 44.1 Å². The summed E-state index contributed by atoms with van der Waals surface area (Å²) in [4.78, 5) is 19.6. The van der Waals surface area contributed by atoms with Gasteiger partial charge < -0.3 is 14.2 Å². The minimum atomic E-state index is -0.155. The Labute approximate surface area is 224 Å². The van der Waals surface area contributed by atoms with E-state index in [-0.39, 0.29) is 5.56 Å². The molecule has 0 unspecified atom stereocenters. The highest BCUT2D eigenvalue weighted by Gasteiger charge is 2.23. The first-order valence-corrected chi connectivity index (χ1v) is 12.8. The molecular weight excluding hydrogens is 500 g/mol. The van der Waals surface area contributed by atoms with Gasteiger partial charge in [-0.3, -0.25) is 14.0 Å². The molecule has 2 heterocycles. The number of aromatic nitrogens is 3. The molecule has 0 saturated carbocycles. The van der Waals surface area contributed by atoms with Crippen molar-refractivity contribution in [3.8, 4) is 39.9 Å². The summed E-state index contributed by atoms with van der Waals surface area (Å²) in [5, 5.41) is 1.99. The number of methoxy groups -OCH3 is 3. The van der Waals surface area contributed by atoms with Gasteiger partial charge in [-0.2, -0.15) is 0 Å². The number of hydrogen-bond donors (Lipinski definition) is 0. The average molecular weight is 529 g/mol. The van der Waals surface area contributed by atoms with E-state index in [2.05, 4.69) is 0 Å². The van der Waals surface area contributed by atoms with Crippen molar-refractivity contribution in [3.05, 3.63) is 99.0 Å². The van der Waals surface area contributed by atoms with Gasteiger partial charge in [-0.25, -0.2) is 9.67 Å². The Hall–Kier alpha value is -4.50. The zero-order chi connectivity index (χ0) is 26.8. The van der Waals surface area contributed by atoms with E-state index in [1.165, 1.54) is 11.3 Å². The molecule has 0 saturated heterocycles. The van der Waals surface area contributed by atoms with E-state index >= 15 is 0 Å². The quantitative estimate of drug-likeness (QED) is 0.289. The molecule has 9 heteroatoms. The fourth-order valence-electron chi connectivity index (χ4n) is 4.46. The maximum absolute atomic E-state index is 14.1. The molecule has 0 aliphatic heterocycles. The van der Waals surface area contributed by atoms with Crippen molar-refractivity contribution in [1.29, 1.82) is 0 Å². The molecule has 0 fully saturated rings. The fraction of sp³-hybridized carbons (Fsp3) is 0.172. The van der Waals surface area contributed by atoms with E-state index in [1.54, 1.807) is 26.0 Å². The maximum atomic E-state index is 14.1. The molecule has 8 nitrogen and oxygen atoms in total. The van der Waals surface area contributed by atoms with Crippen molar-refractivity contribution in [2.45, 2.75) is 6.92 Å². The summed E-state index contributed by atoms with van der Waals surface area (Å²) in [6.45, 7) is 1.94. The second-order valence-corrected chi connectivity index (χ2v) is 9.35. The number of benzene rings is 3. The van der Waals surface area contributed by atoms with Gasteiger partial charge >= 0.3 is 0 Å². The second kappa shape index (κ2) is 10.5. The summed E-state index contributed by atoms with van der Waals surface area (Å²) in [6, 6.07) is 23.0. The van der Waals surface area contributed by atoms with Crippen LogP contribution in [0.5, 0.6) is 17.2 Å². The van der Waals surface area contributed by atoms with Crippen LogP contribution in [0.2, 0.25) is 0 Å². The maximum Gasteiger partial charge on any atom is 0.296 e. The first kappa shape index (κ1) is 25.2. The van der Waals surface area contributed by atoms with Crippen molar-refractivity contribution < 1.29 is 14.2 Å². The first-order chi connectivity index (χ1) is 18.5. The number of thiazole rings is 1. The third-order valence-electron chi connectivity index (χ3n) is 6.40. The topological polar surface area (TPSA) is 71.9 Å². The van der Waals surface area contributed by atoms with Crippen LogP contribution >= 0.6 is 11.3 Å². The van der Waals surface area contributed by atoms with Crippen LogP contribution in [0, 0.1) is 6.92 Å². The number of rotatable bonds is 7. The van der Waals surface area contributed by atoms with Gasteiger partial charge in [0.15, 0.2) is 16.3 Å². The molecule has 0 aliphatic rings. The van der Waals surface area contributed by atoms with Gasteiger partial charge in [0.1, 0.15) is 5.69 Å². The van der Waals surface area contributed by atoms with Crippen molar-refractivity contribution in [1.82, 2.24) is 13.9 Å². The minimum Gasteiger partial charge on any atom is -0.493 e. The van der Waals surface area contributed by atoms with Crippen molar-refractivity contribution in [2.24, 2.45) is 12.0 Å². The van der Waals surface area contributed by atoms with E-state index in [0.717, 1.165) is 28.3 Å². The van der Waals surface area contributed by atoms with Gasteiger partial charge in [-0.15, -0.1) is 11.3 Å². The molecular formula is C29H28N4O4S. The molecule has 0 N–H and O–H groups in total. The normalized spacial score (nSPS) is 11.6. The lowest BCUT2D eigenvalue weighted by Crippen LogP contribution is -2.24. The Morgan fingerprint density at radius 3 is 2.03 bits per heavy atom. The summed E-state index contributed by atoms with van der Waals surface area (Å²) >= 11 is 1.45. The lowest BCUT2D eigenvalue weighted by Gasteiger charge is -2.15. The van der Waals surface area contributed by atoms with Crippen LogP contribution in [0.15, 0.2) is 88.0 Å². The van der Waals surface area contributed by atoms with Gasteiger partial charge in [0.25, 0.3) is 5.56 Å². The highest BCUT2D eigenvalue weighted by atomic mass is 32.1. The van der Waals surface area contributed by atoms with E-state index in [1.807, 2.05) is 101 Å². The molecule has 0 amide bonds. The van der Waals surface area contributed by atoms with Gasteiger partial charge in [0, 0.05) is 18.0 Å². The predicted molar refractivity (Wildman–Crippen MR) is 150 cm³/mol. The lowest BCUT2D eigenvalue weighted by molar-refractivity contribution is 0.324. The van der Waals surface area contributed by atoms with Crippen molar-refractivity contribution in [2.75, 3.05) is 21.3 Å². The molecule has 38 heavy (non-hydrogen) atoms. The van der Waals surface area contributed by atoms with Crippen LogP contribution in [-0.2, 0) is 7.05 Å². The van der Waals surface area contributed by atoms with Gasteiger partial charge in [-0.05, 0) is 43.3 Å². The Morgan fingerprint density at radius 1 is 0.842 bits per heavy atom. The van der Waals surface area contributed by atoms with Crippen LogP contribution in [0.4, 0.5) is 5.69 Å². The monoisotopic (exact) mass is 528 g/mol. The van der Waals surface area contributed by atoms with Gasteiger partial charge in [0.2, 0.25) is 5.75 Å². The summed E-state index contributed by atoms with van der Waals surface area (Å²) < 4.78 is 22.2. The van der Waals surface area contributed by atoms with Crippen LogP contribution in [0.25, 0.3) is 22.6 Å². The second-order valence-electron chi connectivity index (χ2n) is 8.51. The van der Waals surface area contributed by atoms with E-state index in [0.29, 0.717) is 27.7 Å². The predicted octanol–water partition coefficient (Wildman–Crippen LogP) is 5.26. The Balaban J connectivity index is 1.85. The molecule has 0 spiro atoms. The SMILES string of the molecule is COc1cc(-c2csc(=Nc3ccccc3)n2-c2c(C)n(C)n(-c3ccccc3)c2=O)cc(OC)c1OC. The minimum absolute atomic E-state index is 0.155. The highest BCUT2D eigenvalue weighted by Crippen LogP contribution is 2.41. The zero-order valence-corrected chi connectivity index (χ0v) is 22.7. The molecule has 0 radical (unpaired) electrons. The molecule has 5 rings (SSSR count). The summed E-state index contributed by atoms with van der Waals surface area (Å²) in [5.41, 5.74) is 4.28. The molecule has 3 aromatic carbocycles. The molecule has 5 aromatic rings. The molecule has 194 valence electrons. The number of hydrogen-bond acceptors (Lipinski definition) is 6. The molecule has 0 aliphatic carbocycles. The summed E-state index contributed by atoms with van der Waals surface area (Å²) in [7, 11) is 6.62. The largest absolute Gasteiger partial charge is 0.493 e. The van der Waals surface area contributed by atoms with E-state index < -0.39 is 0 Å². The molecule has 0 atom stereocenters. The van der Waals surface area contributed by atoms with E-state index in [9.17, 15) is 4.79 Å². The number of para-hydroxylation sites is 2. The van der Waals surface area contributed by atoms with Crippen LogP contribution < -0.4 is 24.6 Å². The van der Waals surface area contributed by atoms with Crippen molar-refractivity contribution >= 4 is 17.0 Å². The molecule has 2 aromatic heterocycles. The molecule has 0 bridgehead atoms. The third kappa shape index (κ3) is 4.31. The summed E-state index contributed by atoms with van der Waals surface area (Å²) in [5.74, 6) is 1.54.